The average Bonchev–Trinajstić information content (AvgIpc) is 2.72. The lowest BCUT2D eigenvalue weighted by Gasteiger charge is -2.11. The van der Waals surface area contributed by atoms with Crippen molar-refractivity contribution in [3.8, 4) is 5.75 Å². The van der Waals surface area contributed by atoms with Gasteiger partial charge < -0.3 is 10.5 Å². The minimum atomic E-state index is 0.522. The highest BCUT2D eigenvalue weighted by molar-refractivity contribution is 5.38. The minimum Gasteiger partial charge on any atom is -0.496 e. The molecule has 1 heterocycles. The van der Waals surface area contributed by atoms with Crippen molar-refractivity contribution in [2.24, 2.45) is 0 Å². The number of benzene rings is 1. The van der Waals surface area contributed by atoms with E-state index in [-0.39, 0.29) is 0 Å². The number of aromatic nitrogens is 3. The van der Waals surface area contributed by atoms with Crippen molar-refractivity contribution >= 4 is 5.82 Å². The van der Waals surface area contributed by atoms with Gasteiger partial charge in [-0.1, -0.05) is 36.3 Å². The third-order valence-electron chi connectivity index (χ3n) is 3.11. The van der Waals surface area contributed by atoms with E-state index < -0.39 is 0 Å². The third kappa shape index (κ3) is 2.86. The largest absolute Gasteiger partial charge is 0.496 e. The van der Waals surface area contributed by atoms with Gasteiger partial charge in [-0.25, -0.2) is 4.68 Å². The monoisotopic (exact) mass is 260 g/mol. The Morgan fingerprint density at radius 2 is 2.16 bits per heavy atom. The standard InChI is InChI=1S/C14H20N4O/c1-4-5-12-14(15)16-17-18(12)9-11-8-10(2)6-7-13(11)19-3/h6-8H,4-5,9,15H2,1-3H3. The Kier molecular flexibility index (Phi) is 4.04. The van der Waals surface area contributed by atoms with Crippen LogP contribution in [0.5, 0.6) is 5.75 Å². The first-order valence-electron chi connectivity index (χ1n) is 6.47. The summed E-state index contributed by atoms with van der Waals surface area (Å²) >= 11 is 0. The Morgan fingerprint density at radius 3 is 2.84 bits per heavy atom. The molecular weight excluding hydrogens is 240 g/mol. The molecule has 102 valence electrons. The van der Waals surface area contributed by atoms with Gasteiger partial charge in [-0.2, -0.15) is 0 Å². The zero-order valence-electron chi connectivity index (χ0n) is 11.7. The molecule has 0 aliphatic carbocycles. The van der Waals surface area contributed by atoms with E-state index in [1.54, 1.807) is 7.11 Å². The molecule has 2 aromatic rings. The number of hydrogen-bond donors (Lipinski definition) is 1. The van der Waals surface area contributed by atoms with Gasteiger partial charge in [-0.15, -0.1) is 5.10 Å². The van der Waals surface area contributed by atoms with Crippen molar-refractivity contribution in [2.75, 3.05) is 12.8 Å². The molecule has 2 rings (SSSR count). The molecule has 0 atom stereocenters. The second kappa shape index (κ2) is 5.73. The summed E-state index contributed by atoms with van der Waals surface area (Å²) in [6, 6.07) is 6.11. The zero-order chi connectivity index (χ0) is 13.8. The third-order valence-corrected chi connectivity index (χ3v) is 3.11. The van der Waals surface area contributed by atoms with E-state index >= 15 is 0 Å². The van der Waals surface area contributed by atoms with Gasteiger partial charge in [-0.3, -0.25) is 0 Å². The van der Waals surface area contributed by atoms with E-state index in [0.717, 1.165) is 29.8 Å². The van der Waals surface area contributed by atoms with Crippen molar-refractivity contribution in [1.82, 2.24) is 15.0 Å². The molecule has 19 heavy (non-hydrogen) atoms. The molecule has 0 unspecified atom stereocenters. The van der Waals surface area contributed by atoms with E-state index in [0.29, 0.717) is 12.4 Å². The molecule has 0 amide bonds. The van der Waals surface area contributed by atoms with Crippen LogP contribution in [0.2, 0.25) is 0 Å². The first-order chi connectivity index (χ1) is 9.15. The molecule has 0 saturated carbocycles. The van der Waals surface area contributed by atoms with Gasteiger partial charge in [0.15, 0.2) is 5.82 Å². The number of aryl methyl sites for hydroxylation is 1. The number of ether oxygens (including phenoxy) is 1. The van der Waals surface area contributed by atoms with E-state index in [1.165, 1.54) is 5.56 Å². The van der Waals surface area contributed by atoms with Crippen LogP contribution in [0.1, 0.15) is 30.2 Å². The predicted octanol–water partition coefficient (Wildman–Crippen LogP) is 2.18. The van der Waals surface area contributed by atoms with Gasteiger partial charge in [0.05, 0.1) is 19.3 Å². The molecule has 0 radical (unpaired) electrons. The number of hydrogen-bond acceptors (Lipinski definition) is 4. The fourth-order valence-electron chi connectivity index (χ4n) is 2.16. The average molecular weight is 260 g/mol. The fourth-order valence-corrected chi connectivity index (χ4v) is 2.16. The van der Waals surface area contributed by atoms with E-state index in [9.17, 15) is 0 Å². The Balaban J connectivity index is 2.33. The fraction of sp³-hybridized carbons (Fsp3) is 0.429. The molecule has 1 aromatic carbocycles. The molecule has 5 nitrogen and oxygen atoms in total. The molecule has 0 fully saturated rings. The van der Waals surface area contributed by atoms with Crippen molar-refractivity contribution in [3.05, 3.63) is 35.0 Å². The second-order valence-electron chi connectivity index (χ2n) is 4.64. The molecule has 2 N–H and O–H groups in total. The molecule has 0 aliphatic heterocycles. The van der Waals surface area contributed by atoms with Crippen LogP contribution in [0.25, 0.3) is 0 Å². The lowest BCUT2D eigenvalue weighted by molar-refractivity contribution is 0.406. The van der Waals surface area contributed by atoms with Crippen LogP contribution in [0, 0.1) is 6.92 Å². The predicted molar refractivity (Wildman–Crippen MR) is 75.3 cm³/mol. The van der Waals surface area contributed by atoms with Gasteiger partial charge in [-0.05, 0) is 19.4 Å². The maximum Gasteiger partial charge on any atom is 0.169 e. The van der Waals surface area contributed by atoms with E-state index in [1.807, 2.05) is 16.8 Å². The summed E-state index contributed by atoms with van der Waals surface area (Å²) < 4.78 is 7.24. The Morgan fingerprint density at radius 1 is 1.37 bits per heavy atom. The summed E-state index contributed by atoms with van der Waals surface area (Å²) in [6.07, 6.45) is 1.90. The summed E-state index contributed by atoms with van der Waals surface area (Å²) in [4.78, 5) is 0. The van der Waals surface area contributed by atoms with Gasteiger partial charge >= 0.3 is 0 Å². The Hall–Kier alpha value is -2.04. The number of anilines is 1. The lowest BCUT2D eigenvalue weighted by Crippen LogP contribution is -2.08. The van der Waals surface area contributed by atoms with Crippen molar-refractivity contribution in [1.29, 1.82) is 0 Å². The molecular formula is C14H20N4O. The summed E-state index contributed by atoms with van der Waals surface area (Å²) in [5.74, 6) is 1.38. The van der Waals surface area contributed by atoms with Crippen LogP contribution in [0.4, 0.5) is 5.82 Å². The maximum absolute atomic E-state index is 5.86. The summed E-state index contributed by atoms with van der Waals surface area (Å²) in [5.41, 5.74) is 9.13. The second-order valence-corrected chi connectivity index (χ2v) is 4.64. The Labute approximate surface area is 113 Å². The summed E-state index contributed by atoms with van der Waals surface area (Å²) in [7, 11) is 1.68. The van der Waals surface area contributed by atoms with Gasteiger partial charge in [0, 0.05) is 5.56 Å². The Bertz CT molecular complexity index is 563. The number of nitrogen functional groups attached to an aromatic ring is 1. The summed E-state index contributed by atoms with van der Waals surface area (Å²) in [5, 5.41) is 8.08. The lowest BCUT2D eigenvalue weighted by atomic mass is 10.1. The van der Waals surface area contributed by atoms with Gasteiger partial charge in [0.1, 0.15) is 5.75 Å². The van der Waals surface area contributed by atoms with Crippen LogP contribution < -0.4 is 10.5 Å². The smallest absolute Gasteiger partial charge is 0.169 e. The van der Waals surface area contributed by atoms with Crippen LogP contribution in [0.3, 0.4) is 0 Å². The molecule has 0 saturated heterocycles. The maximum atomic E-state index is 5.86. The highest BCUT2D eigenvalue weighted by Gasteiger charge is 2.12. The quantitative estimate of drug-likeness (QED) is 0.894. The number of nitrogens with zero attached hydrogens (tertiary/aromatic N) is 3. The highest BCUT2D eigenvalue weighted by atomic mass is 16.5. The number of nitrogens with two attached hydrogens (primary N) is 1. The SMILES string of the molecule is CCCc1c(N)nnn1Cc1cc(C)ccc1OC. The summed E-state index contributed by atoms with van der Waals surface area (Å²) in [6.45, 7) is 4.81. The van der Waals surface area contributed by atoms with E-state index in [2.05, 4.69) is 30.2 Å². The van der Waals surface area contributed by atoms with Crippen molar-refractivity contribution < 1.29 is 4.74 Å². The molecule has 0 spiro atoms. The van der Waals surface area contributed by atoms with E-state index in [4.69, 9.17) is 10.5 Å². The van der Waals surface area contributed by atoms with Gasteiger partial charge in [0.2, 0.25) is 0 Å². The van der Waals surface area contributed by atoms with Crippen LogP contribution in [-0.4, -0.2) is 22.1 Å². The van der Waals surface area contributed by atoms with Crippen molar-refractivity contribution in [2.45, 2.75) is 33.2 Å². The minimum absolute atomic E-state index is 0.522. The van der Waals surface area contributed by atoms with Crippen LogP contribution in [0.15, 0.2) is 18.2 Å². The van der Waals surface area contributed by atoms with Crippen molar-refractivity contribution in [3.63, 3.8) is 0 Å². The van der Waals surface area contributed by atoms with Crippen LogP contribution in [-0.2, 0) is 13.0 Å². The highest BCUT2D eigenvalue weighted by Crippen LogP contribution is 2.22. The number of methoxy groups -OCH3 is 1. The normalized spacial score (nSPS) is 10.7. The van der Waals surface area contributed by atoms with Crippen LogP contribution >= 0.6 is 0 Å². The first-order valence-corrected chi connectivity index (χ1v) is 6.47. The molecule has 0 aliphatic rings. The molecule has 1 aromatic heterocycles. The van der Waals surface area contributed by atoms with Gasteiger partial charge in [0.25, 0.3) is 0 Å². The first kappa shape index (κ1) is 13.4. The molecule has 5 heteroatoms. The molecule has 0 bridgehead atoms. The topological polar surface area (TPSA) is 66.0 Å². The number of rotatable bonds is 5. The zero-order valence-corrected chi connectivity index (χ0v) is 11.7.